The molecule has 5 nitrogen and oxygen atoms in total. The van der Waals surface area contributed by atoms with Crippen molar-refractivity contribution in [2.24, 2.45) is 0 Å². The third kappa shape index (κ3) is 19.1. The largest absolute Gasteiger partial charge is 0.502 e. The first kappa shape index (κ1) is 20.8. The Labute approximate surface area is 98.7 Å². The topological polar surface area (TPSA) is 90.2 Å². The Morgan fingerprint density at radius 3 is 1.38 bits per heavy atom. The summed E-state index contributed by atoms with van der Waals surface area (Å²) in [7, 11) is 0. The van der Waals surface area contributed by atoms with Crippen molar-refractivity contribution in [3.05, 3.63) is 12.8 Å². The van der Waals surface area contributed by atoms with E-state index in [9.17, 15) is 0 Å². The molecule has 0 aliphatic rings. The number of hydrogen-bond acceptors (Lipinski definition) is 5. The minimum Gasteiger partial charge on any atom is -0.502 e. The predicted octanol–water partition coefficient (Wildman–Crippen LogP) is 0.200. The van der Waals surface area contributed by atoms with Gasteiger partial charge in [-0.3, -0.25) is 0 Å². The molecule has 0 heterocycles. The van der Waals surface area contributed by atoms with Gasteiger partial charge in [-0.2, -0.15) is 0 Å². The van der Waals surface area contributed by atoms with Crippen molar-refractivity contribution in [1.29, 1.82) is 0 Å². The zero-order valence-electron chi connectivity index (χ0n) is 10.8. The fraction of sp³-hybridized carbons (Fsp3) is 0.800. The fourth-order valence-electron chi connectivity index (χ4n) is 0.118. The van der Waals surface area contributed by atoms with E-state index in [0.29, 0.717) is 0 Å². The van der Waals surface area contributed by atoms with Crippen molar-refractivity contribution < 1.29 is 25.0 Å². The number of rotatable bonds is 3. The van der Waals surface area contributed by atoms with Crippen LogP contribution in [0.4, 0.5) is 0 Å². The van der Waals surface area contributed by atoms with E-state index in [0.717, 1.165) is 6.61 Å². The lowest BCUT2D eigenvalue weighted by atomic mass is 9.90. The van der Waals surface area contributed by atoms with E-state index in [2.05, 4.69) is 11.3 Å². The van der Waals surface area contributed by atoms with Gasteiger partial charge in [0.25, 0.3) is 0 Å². The normalized spacial score (nSPS) is 10.1. The van der Waals surface area contributed by atoms with Gasteiger partial charge in [-0.05, 0) is 34.6 Å². The van der Waals surface area contributed by atoms with Crippen molar-refractivity contribution in [2.45, 2.75) is 45.8 Å². The van der Waals surface area contributed by atoms with Gasteiger partial charge in [0.15, 0.2) is 0 Å². The number of aliphatic hydroxyl groups is 2. The van der Waals surface area contributed by atoms with Crippen LogP contribution in [0.2, 0.25) is 0 Å². The molecule has 1 radical (unpaired) electrons. The van der Waals surface area contributed by atoms with Crippen LogP contribution in [0.3, 0.4) is 0 Å². The molecule has 4 N–H and O–H groups in total. The molecule has 0 aromatic rings. The van der Waals surface area contributed by atoms with E-state index >= 15 is 0 Å². The SMILES string of the molecule is C=COCC.CC(C)(O)C(C)(C)O.O[B]O. The van der Waals surface area contributed by atoms with Crippen molar-refractivity contribution in [1.82, 2.24) is 0 Å². The quantitative estimate of drug-likeness (QED) is 0.414. The fourth-order valence-corrected chi connectivity index (χ4v) is 0.118. The molecule has 0 amide bonds. The summed E-state index contributed by atoms with van der Waals surface area (Å²) in [4.78, 5) is 0. The molecule has 6 heteroatoms. The Bertz CT molecular complexity index is 136. The first-order valence-corrected chi connectivity index (χ1v) is 4.85. The van der Waals surface area contributed by atoms with Crippen molar-refractivity contribution in [3.8, 4) is 0 Å². The minimum absolute atomic E-state index is 0. The van der Waals surface area contributed by atoms with E-state index in [-0.39, 0.29) is 7.69 Å². The highest BCUT2D eigenvalue weighted by Gasteiger charge is 2.31. The van der Waals surface area contributed by atoms with Crippen LogP contribution in [-0.4, -0.2) is 45.8 Å². The highest BCUT2D eigenvalue weighted by molar-refractivity contribution is 6.13. The van der Waals surface area contributed by atoms with Crippen molar-refractivity contribution >= 4 is 7.69 Å². The molecule has 0 atom stereocenters. The first-order chi connectivity index (χ1) is 7.08. The molecule has 97 valence electrons. The lowest BCUT2D eigenvalue weighted by Gasteiger charge is -2.31. The molecule has 0 aliphatic carbocycles. The molecule has 0 saturated carbocycles. The average molecular weight is 235 g/mol. The van der Waals surface area contributed by atoms with E-state index in [1.807, 2.05) is 6.92 Å². The summed E-state index contributed by atoms with van der Waals surface area (Å²) in [6.45, 7) is 12.3. The molecule has 0 aliphatic heterocycles. The molecule has 0 bridgehead atoms. The Morgan fingerprint density at radius 2 is 1.38 bits per heavy atom. The first-order valence-electron chi connectivity index (χ1n) is 4.85. The standard InChI is InChI=1S/C6H14O2.C4H8O.BH2O2/c1-5(2,7)6(3,4)8;1-3-5-4-2;2-1-3/h7-8H,1-4H3;3H,1,4H2,2H3;2-3H. The van der Waals surface area contributed by atoms with E-state index < -0.39 is 11.2 Å². The van der Waals surface area contributed by atoms with Crippen LogP contribution in [0.5, 0.6) is 0 Å². The zero-order valence-corrected chi connectivity index (χ0v) is 10.8. The molecule has 0 aromatic carbocycles. The van der Waals surface area contributed by atoms with Crippen molar-refractivity contribution in [2.75, 3.05) is 6.61 Å². The Balaban J connectivity index is -0.000000181. The molecule has 0 aromatic heterocycles. The summed E-state index contributed by atoms with van der Waals surface area (Å²) >= 11 is 0. The summed E-state index contributed by atoms with van der Waals surface area (Å²) in [5, 5.41) is 32.2. The van der Waals surface area contributed by atoms with Crippen LogP contribution in [0, 0.1) is 0 Å². The maximum absolute atomic E-state index is 9.10. The van der Waals surface area contributed by atoms with Crippen molar-refractivity contribution in [3.63, 3.8) is 0 Å². The maximum Gasteiger partial charge on any atom is 0.482 e. The summed E-state index contributed by atoms with van der Waals surface area (Å²) in [6.07, 6.45) is 1.43. The smallest absolute Gasteiger partial charge is 0.482 e. The van der Waals surface area contributed by atoms with Gasteiger partial charge in [-0.1, -0.05) is 6.58 Å². The molecule has 0 spiro atoms. The summed E-state index contributed by atoms with van der Waals surface area (Å²) in [5.74, 6) is 0. The van der Waals surface area contributed by atoms with Crippen LogP contribution in [0.15, 0.2) is 12.8 Å². The third-order valence-corrected chi connectivity index (χ3v) is 1.78. The lowest BCUT2D eigenvalue weighted by Crippen LogP contribution is -2.44. The van der Waals surface area contributed by atoms with Crippen LogP contribution < -0.4 is 0 Å². The number of hydrogen-bond donors (Lipinski definition) is 4. The predicted molar refractivity (Wildman–Crippen MR) is 64.6 cm³/mol. The van der Waals surface area contributed by atoms with E-state index in [1.54, 1.807) is 27.7 Å². The Kier molecular flexibility index (Phi) is 14.2. The molecule has 0 rings (SSSR count). The summed E-state index contributed by atoms with van der Waals surface area (Å²) in [5.41, 5.74) is -2.01. The van der Waals surface area contributed by atoms with Crippen LogP contribution in [0.25, 0.3) is 0 Å². The third-order valence-electron chi connectivity index (χ3n) is 1.78. The van der Waals surface area contributed by atoms with Gasteiger partial charge < -0.3 is 25.0 Å². The van der Waals surface area contributed by atoms with Gasteiger partial charge in [0.2, 0.25) is 0 Å². The van der Waals surface area contributed by atoms with Gasteiger partial charge in [0.05, 0.1) is 24.1 Å². The monoisotopic (exact) mass is 235 g/mol. The van der Waals surface area contributed by atoms with Gasteiger partial charge in [-0.15, -0.1) is 0 Å². The second-order valence-electron chi connectivity index (χ2n) is 3.86. The van der Waals surface area contributed by atoms with E-state index in [4.69, 9.17) is 20.3 Å². The minimum atomic E-state index is -1.01. The maximum atomic E-state index is 9.10. The molecular weight excluding hydrogens is 211 g/mol. The molecule has 0 saturated heterocycles. The van der Waals surface area contributed by atoms with Gasteiger partial charge in [0, 0.05) is 0 Å². The Hall–Kier alpha value is -0.555. The Morgan fingerprint density at radius 1 is 1.12 bits per heavy atom. The van der Waals surface area contributed by atoms with Gasteiger partial charge in [-0.25, -0.2) is 0 Å². The average Bonchev–Trinajstić information content (AvgIpc) is 2.04. The highest BCUT2D eigenvalue weighted by atomic mass is 16.5. The second-order valence-corrected chi connectivity index (χ2v) is 3.86. The van der Waals surface area contributed by atoms with Crippen LogP contribution >= 0.6 is 0 Å². The lowest BCUT2D eigenvalue weighted by molar-refractivity contribution is -0.107. The molecular formula is C10H24BO5. The van der Waals surface area contributed by atoms with Gasteiger partial charge >= 0.3 is 7.69 Å². The zero-order chi connectivity index (χ0) is 13.8. The summed E-state index contributed by atoms with van der Waals surface area (Å²) < 4.78 is 4.60. The van der Waals surface area contributed by atoms with Gasteiger partial charge in [0.1, 0.15) is 0 Å². The second kappa shape index (κ2) is 10.9. The summed E-state index contributed by atoms with van der Waals surface area (Å²) in [6, 6.07) is 0. The molecule has 16 heavy (non-hydrogen) atoms. The molecule has 0 unspecified atom stereocenters. The van der Waals surface area contributed by atoms with Crippen LogP contribution in [-0.2, 0) is 4.74 Å². The van der Waals surface area contributed by atoms with Crippen LogP contribution in [0.1, 0.15) is 34.6 Å². The highest BCUT2D eigenvalue weighted by Crippen LogP contribution is 2.19. The van der Waals surface area contributed by atoms with E-state index in [1.165, 1.54) is 6.26 Å². The molecule has 0 fully saturated rings. The number of ether oxygens (including phenoxy) is 1.